The molecule has 4 rings (SSSR count). The van der Waals surface area contributed by atoms with Gasteiger partial charge in [-0.15, -0.1) is 6.58 Å². The van der Waals surface area contributed by atoms with Crippen LogP contribution < -0.4 is 0 Å². The number of piperidine rings is 1. The van der Waals surface area contributed by atoms with Crippen molar-refractivity contribution < 1.29 is 29.0 Å². The Morgan fingerprint density at radius 2 is 2.05 bits per heavy atom. The van der Waals surface area contributed by atoms with Crippen molar-refractivity contribution in [2.75, 3.05) is 32.9 Å². The second-order valence-corrected chi connectivity index (χ2v) is 10.4. The first kappa shape index (κ1) is 28.9. The predicted molar refractivity (Wildman–Crippen MR) is 150 cm³/mol. The number of likely N-dealkylation sites (tertiary alicyclic amines) is 1. The number of esters is 1. The summed E-state index contributed by atoms with van der Waals surface area (Å²) in [5, 5.41) is 15.0. The van der Waals surface area contributed by atoms with Gasteiger partial charge in [0.05, 0.1) is 35.6 Å². The summed E-state index contributed by atoms with van der Waals surface area (Å²) in [6.07, 6.45) is 15.2. The number of rotatable bonds is 7. The number of carbonyl (C=O) groups is 2. The van der Waals surface area contributed by atoms with Crippen LogP contribution in [0.3, 0.4) is 0 Å². The quantitative estimate of drug-likeness (QED) is 0.271. The topological polar surface area (TPSA) is 97.7 Å². The molecule has 210 valence electrons. The summed E-state index contributed by atoms with van der Waals surface area (Å²) in [7, 11) is 0. The molecule has 1 N–H and O–H groups in total. The third-order valence-corrected chi connectivity index (χ3v) is 7.43. The van der Waals surface area contributed by atoms with E-state index in [1.807, 2.05) is 18.2 Å². The maximum atomic E-state index is 13.3. The van der Waals surface area contributed by atoms with E-state index in [1.54, 1.807) is 23.1 Å². The first-order chi connectivity index (χ1) is 19.0. The Hall–Kier alpha value is -3.10. The van der Waals surface area contributed by atoms with E-state index in [-0.39, 0.29) is 48.3 Å². The first-order valence-electron chi connectivity index (χ1n) is 13.7. The molecule has 3 aliphatic rings. The Labute approximate surface area is 234 Å². The second-order valence-electron chi connectivity index (χ2n) is 10.1. The van der Waals surface area contributed by atoms with E-state index in [0.29, 0.717) is 36.3 Å². The average Bonchev–Trinajstić information content (AvgIpc) is 3.78. The van der Waals surface area contributed by atoms with Crippen molar-refractivity contribution in [2.45, 2.75) is 63.4 Å². The Kier molecular flexibility index (Phi) is 10.6. The summed E-state index contributed by atoms with van der Waals surface area (Å²) in [5.41, 5.74) is 2.00. The Balaban J connectivity index is 1.64. The highest BCUT2D eigenvalue weighted by Gasteiger charge is 2.33. The number of phenols is 1. The number of halogens is 1. The van der Waals surface area contributed by atoms with Crippen LogP contribution in [0.2, 0.25) is 5.02 Å². The number of fused-ring (bicyclic) bond motifs is 1. The number of benzene rings is 1. The summed E-state index contributed by atoms with van der Waals surface area (Å²) in [4.78, 5) is 33.2. The van der Waals surface area contributed by atoms with Crippen LogP contribution >= 0.6 is 11.6 Å². The number of amides is 1. The Morgan fingerprint density at radius 3 is 2.79 bits per heavy atom. The highest BCUT2D eigenvalue weighted by atomic mass is 35.5. The van der Waals surface area contributed by atoms with E-state index in [1.165, 1.54) is 0 Å². The highest BCUT2D eigenvalue weighted by Crippen LogP contribution is 2.46. The van der Waals surface area contributed by atoms with Gasteiger partial charge in [-0.3, -0.25) is 4.79 Å². The Morgan fingerprint density at radius 1 is 1.26 bits per heavy atom. The van der Waals surface area contributed by atoms with Crippen LogP contribution in [0.15, 0.2) is 48.2 Å². The molecule has 1 saturated carbocycles. The molecule has 1 aromatic rings. The number of allylic oxidation sites excluding steroid dienone is 1. The molecule has 1 amide bonds. The van der Waals surface area contributed by atoms with Crippen LogP contribution in [-0.4, -0.2) is 66.6 Å². The van der Waals surface area contributed by atoms with E-state index in [0.717, 1.165) is 50.8 Å². The van der Waals surface area contributed by atoms with Crippen LogP contribution in [0.25, 0.3) is 0 Å². The predicted octanol–water partition coefficient (Wildman–Crippen LogP) is 5.48. The molecule has 1 aromatic carbocycles. The number of carbonyl (C=O) groups excluding carboxylic acids is 2. The van der Waals surface area contributed by atoms with Gasteiger partial charge < -0.3 is 24.3 Å². The van der Waals surface area contributed by atoms with Gasteiger partial charge in [0.15, 0.2) is 6.61 Å². The summed E-state index contributed by atoms with van der Waals surface area (Å²) >= 11 is 6.58. The van der Waals surface area contributed by atoms with Crippen LogP contribution in [0.4, 0.5) is 0 Å². The van der Waals surface area contributed by atoms with Gasteiger partial charge in [-0.2, -0.15) is 0 Å². The van der Waals surface area contributed by atoms with Crippen LogP contribution in [0.5, 0.6) is 5.75 Å². The van der Waals surface area contributed by atoms with Gasteiger partial charge in [-0.05, 0) is 74.1 Å². The normalized spacial score (nSPS) is 23.3. The highest BCUT2D eigenvalue weighted by molar-refractivity contribution is 6.33. The van der Waals surface area contributed by atoms with Crippen molar-refractivity contribution >= 4 is 29.2 Å². The summed E-state index contributed by atoms with van der Waals surface area (Å²) in [6, 6.07) is 1.57. The molecule has 1 unspecified atom stereocenters. The maximum Gasteiger partial charge on any atom is 0.338 e. The number of aromatic hydroxyl groups is 1. The van der Waals surface area contributed by atoms with Crippen molar-refractivity contribution in [1.82, 2.24) is 4.90 Å². The lowest BCUT2D eigenvalue weighted by molar-refractivity contribution is -0.137. The Bertz CT molecular complexity index is 1130. The van der Waals surface area contributed by atoms with E-state index < -0.39 is 5.97 Å². The van der Waals surface area contributed by atoms with Crippen molar-refractivity contribution in [3.8, 4) is 5.75 Å². The van der Waals surface area contributed by atoms with Gasteiger partial charge in [-0.1, -0.05) is 41.1 Å². The smallest absolute Gasteiger partial charge is 0.338 e. The fourth-order valence-corrected chi connectivity index (χ4v) is 5.04. The molecule has 0 bridgehead atoms. The fourth-order valence-electron chi connectivity index (χ4n) is 4.82. The molecule has 2 aliphatic heterocycles. The molecule has 9 heteroatoms. The largest absolute Gasteiger partial charge is 0.506 e. The van der Waals surface area contributed by atoms with Crippen molar-refractivity contribution in [3.05, 3.63) is 64.7 Å². The minimum absolute atomic E-state index is 0.0797. The lowest BCUT2D eigenvalue weighted by atomic mass is 9.93. The molecule has 1 atom stereocenters. The third-order valence-electron chi connectivity index (χ3n) is 7.01. The molecule has 0 spiro atoms. The standard InChI is InChI=1S/C30H37ClN2O6/c1-2-16-37-23-10-4-7-17-38-30(36)28-24(21-12-13-21)19-26(34)29(31)25(28)18-22(9-8-11-23)32-39-20-27(35)33-14-5-3-6-15-33/h2,4,8-10,19,21,23,34H,1,3,5-7,11-18,20H2/b9-8+,10-4+,32-22-. The molecule has 1 saturated heterocycles. The van der Waals surface area contributed by atoms with Gasteiger partial charge in [0.2, 0.25) is 0 Å². The number of hydrogen-bond donors (Lipinski definition) is 1. The minimum Gasteiger partial charge on any atom is -0.506 e. The van der Waals surface area contributed by atoms with Gasteiger partial charge in [-0.25, -0.2) is 4.79 Å². The number of phenolic OH excluding ortho intramolecular Hbond substituents is 1. The molecule has 1 aliphatic carbocycles. The zero-order valence-corrected chi connectivity index (χ0v) is 23.0. The SMILES string of the molecule is C=CCOC1/C=C/CCOC(=O)c2c(C3CC3)cc(O)c(Cl)c2CC(=N\OCC(=O)N2CCCCC2)/C=C/C1. The molecule has 0 aromatic heterocycles. The van der Waals surface area contributed by atoms with Crippen LogP contribution in [-0.2, 0) is 25.5 Å². The number of hydrogen-bond acceptors (Lipinski definition) is 7. The number of ether oxygens (including phenoxy) is 2. The minimum atomic E-state index is -0.483. The first-order valence-corrected chi connectivity index (χ1v) is 14.1. The van der Waals surface area contributed by atoms with Crippen molar-refractivity contribution in [1.29, 1.82) is 0 Å². The third kappa shape index (κ3) is 8.19. The summed E-state index contributed by atoms with van der Waals surface area (Å²) in [6.45, 7) is 5.58. The maximum absolute atomic E-state index is 13.3. The average molecular weight is 557 g/mol. The number of nitrogens with zero attached hydrogens (tertiary/aromatic N) is 2. The van der Waals surface area contributed by atoms with Crippen molar-refractivity contribution in [2.24, 2.45) is 5.16 Å². The van der Waals surface area contributed by atoms with Crippen LogP contribution in [0, 0.1) is 0 Å². The van der Waals surface area contributed by atoms with E-state index in [2.05, 4.69) is 11.7 Å². The van der Waals surface area contributed by atoms with Gasteiger partial charge in [0, 0.05) is 19.5 Å². The van der Waals surface area contributed by atoms with Crippen LogP contribution in [0.1, 0.15) is 72.3 Å². The second kappa shape index (κ2) is 14.3. The zero-order chi connectivity index (χ0) is 27.6. The van der Waals surface area contributed by atoms with Gasteiger partial charge in [0.25, 0.3) is 5.91 Å². The summed E-state index contributed by atoms with van der Waals surface area (Å²) in [5.74, 6) is -0.507. The lowest BCUT2D eigenvalue weighted by Gasteiger charge is -2.26. The molecule has 0 radical (unpaired) electrons. The monoisotopic (exact) mass is 556 g/mol. The molecule has 8 nitrogen and oxygen atoms in total. The van der Waals surface area contributed by atoms with Gasteiger partial charge >= 0.3 is 5.97 Å². The van der Waals surface area contributed by atoms with Crippen molar-refractivity contribution in [3.63, 3.8) is 0 Å². The zero-order valence-electron chi connectivity index (χ0n) is 22.3. The summed E-state index contributed by atoms with van der Waals surface area (Å²) < 4.78 is 11.5. The lowest BCUT2D eigenvalue weighted by Crippen LogP contribution is -2.37. The fraction of sp³-hybridized carbons (Fsp3) is 0.500. The molecule has 2 heterocycles. The molecule has 39 heavy (non-hydrogen) atoms. The molecule has 2 fully saturated rings. The van der Waals surface area contributed by atoms with E-state index in [9.17, 15) is 14.7 Å². The number of oxime groups is 1. The van der Waals surface area contributed by atoms with Gasteiger partial charge in [0.1, 0.15) is 5.75 Å². The molecular weight excluding hydrogens is 520 g/mol. The number of cyclic esters (lactones) is 1. The molecular formula is C30H37ClN2O6. The van der Waals surface area contributed by atoms with E-state index in [4.69, 9.17) is 25.9 Å². The van der Waals surface area contributed by atoms with E-state index >= 15 is 0 Å².